The molecule has 0 bridgehead atoms. The SMILES string of the molecule is Cc1nc2c(=O)n(CC(=O)N3CCCc4ccccc43)nc(-c3ccc(F)cc3)c2s1. The monoisotopic (exact) mass is 434 g/mol. The number of fused-ring (bicyclic) bond motifs is 2. The summed E-state index contributed by atoms with van der Waals surface area (Å²) in [4.78, 5) is 32.3. The van der Waals surface area contributed by atoms with Crippen LogP contribution in [-0.4, -0.2) is 27.2 Å². The molecule has 156 valence electrons. The van der Waals surface area contributed by atoms with Gasteiger partial charge in [-0.3, -0.25) is 9.59 Å². The quantitative estimate of drug-likeness (QED) is 0.490. The van der Waals surface area contributed by atoms with Crippen LogP contribution in [0.3, 0.4) is 0 Å². The van der Waals surface area contributed by atoms with E-state index in [1.807, 2.05) is 31.2 Å². The maximum absolute atomic E-state index is 13.4. The van der Waals surface area contributed by atoms with Gasteiger partial charge >= 0.3 is 0 Å². The van der Waals surface area contributed by atoms with Gasteiger partial charge in [-0.1, -0.05) is 18.2 Å². The maximum Gasteiger partial charge on any atom is 0.294 e. The van der Waals surface area contributed by atoms with Crippen LogP contribution in [0.25, 0.3) is 21.5 Å². The fourth-order valence-electron chi connectivity index (χ4n) is 3.98. The van der Waals surface area contributed by atoms with Crippen molar-refractivity contribution < 1.29 is 9.18 Å². The van der Waals surface area contributed by atoms with Crippen molar-refractivity contribution in [3.05, 3.63) is 75.3 Å². The molecule has 0 unspecified atom stereocenters. The second-order valence-corrected chi connectivity index (χ2v) is 8.71. The Hall–Kier alpha value is -3.39. The Bertz CT molecular complexity index is 1360. The van der Waals surface area contributed by atoms with Crippen molar-refractivity contribution in [2.45, 2.75) is 26.3 Å². The van der Waals surface area contributed by atoms with Gasteiger partial charge in [-0.15, -0.1) is 11.3 Å². The molecule has 2 aromatic carbocycles. The van der Waals surface area contributed by atoms with Gasteiger partial charge in [-0.05, 0) is 55.7 Å². The third kappa shape index (κ3) is 3.53. The third-order valence-electron chi connectivity index (χ3n) is 5.42. The first-order chi connectivity index (χ1) is 15.0. The van der Waals surface area contributed by atoms with E-state index in [1.165, 1.54) is 28.2 Å². The topological polar surface area (TPSA) is 68.1 Å². The minimum absolute atomic E-state index is 0.187. The fraction of sp³-hybridized carbons (Fsp3) is 0.217. The molecule has 0 fully saturated rings. The number of benzene rings is 2. The summed E-state index contributed by atoms with van der Waals surface area (Å²) >= 11 is 1.36. The first-order valence-electron chi connectivity index (χ1n) is 10.0. The molecule has 0 radical (unpaired) electrons. The second-order valence-electron chi connectivity index (χ2n) is 7.51. The van der Waals surface area contributed by atoms with Gasteiger partial charge in [0.1, 0.15) is 18.1 Å². The molecule has 0 N–H and O–H groups in total. The van der Waals surface area contributed by atoms with Gasteiger partial charge in [0, 0.05) is 17.8 Å². The Kier molecular flexibility index (Phi) is 4.86. The Morgan fingerprint density at radius 3 is 2.74 bits per heavy atom. The predicted octanol–water partition coefficient (Wildman–Crippen LogP) is 3.95. The van der Waals surface area contributed by atoms with Crippen LogP contribution in [0.15, 0.2) is 53.3 Å². The highest BCUT2D eigenvalue weighted by molar-refractivity contribution is 7.19. The summed E-state index contributed by atoms with van der Waals surface area (Å²) in [6.45, 7) is 2.24. The maximum atomic E-state index is 13.4. The predicted molar refractivity (Wildman–Crippen MR) is 119 cm³/mol. The van der Waals surface area contributed by atoms with Gasteiger partial charge in [0.15, 0.2) is 5.52 Å². The number of rotatable bonds is 3. The Morgan fingerprint density at radius 2 is 1.94 bits per heavy atom. The number of nitrogens with zero attached hydrogens (tertiary/aromatic N) is 4. The van der Waals surface area contributed by atoms with Crippen molar-refractivity contribution in [3.63, 3.8) is 0 Å². The standard InChI is InChI=1S/C23H19FN4O2S/c1-14-25-21-22(31-14)20(16-8-10-17(24)11-9-16)26-28(23(21)30)13-19(29)27-12-4-6-15-5-2-3-7-18(15)27/h2-3,5,7-11H,4,6,12-13H2,1H3. The summed E-state index contributed by atoms with van der Waals surface area (Å²) in [6, 6.07) is 13.8. The fourth-order valence-corrected chi connectivity index (χ4v) is 4.89. The summed E-state index contributed by atoms with van der Waals surface area (Å²) in [5.74, 6) is -0.550. The zero-order chi connectivity index (χ0) is 21.5. The van der Waals surface area contributed by atoms with E-state index in [9.17, 15) is 14.0 Å². The molecule has 0 saturated heterocycles. The molecule has 0 aliphatic carbocycles. The molecule has 4 aromatic rings. The third-order valence-corrected chi connectivity index (χ3v) is 6.40. The smallest absolute Gasteiger partial charge is 0.294 e. The second kappa shape index (κ2) is 7.70. The summed E-state index contributed by atoms with van der Waals surface area (Å²) in [5.41, 5.74) is 3.08. The Morgan fingerprint density at radius 1 is 1.16 bits per heavy atom. The molecule has 0 saturated carbocycles. The van der Waals surface area contributed by atoms with Crippen LogP contribution >= 0.6 is 11.3 Å². The number of carbonyl (C=O) groups excluding carboxylic acids is 1. The number of halogens is 1. The summed E-state index contributed by atoms with van der Waals surface area (Å²) in [5, 5.41) is 5.24. The van der Waals surface area contributed by atoms with E-state index in [4.69, 9.17) is 0 Å². The first kappa shape index (κ1) is 19.6. The molecule has 8 heteroatoms. The average molecular weight is 434 g/mol. The molecule has 3 heterocycles. The molecule has 1 aliphatic rings. The van der Waals surface area contributed by atoms with Crippen LogP contribution in [-0.2, 0) is 17.8 Å². The van der Waals surface area contributed by atoms with Gasteiger partial charge in [0.05, 0.1) is 9.71 Å². The highest BCUT2D eigenvalue weighted by atomic mass is 32.1. The molecule has 0 atom stereocenters. The van der Waals surface area contributed by atoms with Crippen LogP contribution in [0.4, 0.5) is 10.1 Å². The number of hydrogen-bond donors (Lipinski definition) is 0. The molecule has 1 aliphatic heterocycles. The lowest BCUT2D eigenvalue weighted by molar-refractivity contribution is -0.119. The van der Waals surface area contributed by atoms with Gasteiger partial charge < -0.3 is 4.90 Å². The summed E-state index contributed by atoms with van der Waals surface area (Å²) in [6.07, 6.45) is 1.80. The van der Waals surface area contributed by atoms with E-state index < -0.39 is 5.56 Å². The molecular weight excluding hydrogens is 415 g/mol. The molecule has 2 aromatic heterocycles. The lowest BCUT2D eigenvalue weighted by Gasteiger charge is -2.29. The van der Waals surface area contributed by atoms with Crippen LogP contribution in [0.2, 0.25) is 0 Å². The normalized spacial score (nSPS) is 13.4. The average Bonchev–Trinajstić information content (AvgIpc) is 3.18. The zero-order valence-corrected chi connectivity index (χ0v) is 17.7. The van der Waals surface area contributed by atoms with E-state index in [-0.39, 0.29) is 23.8 Å². The molecule has 0 spiro atoms. The highest BCUT2D eigenvalue weighted by Crippen LogP contribution is 2.30. The van der Waals surface area contributed by atoms with Crippen LogP contribution in [0, 0.1) is 12.7 Å². The Labute approximate surface area is 181 Å². The van der Waals surface area contributed by atoms with Crippen LogP contribution < -0.4 is 10.5 Å². The molecular formula is C23H19FN4O2S. The van der Waals surface area contributed by atoms with Crippen molar-refractivity contribution >= 4 is 33.1 Å². The molecule has 5 rings (SSSR count). The van der Waals surface area contributed by atoms with Crippen molar-refractivity contribution in [1.82, 2.24) is 14.8 Å². The van der Waals surface area contributed by atoms with E-state index in [0.29, 0.717) is 22.5 Å². The first-order valence-corrected chi connectivity index (χ1v) is 10.9. The van der Waals surface area contributed by atoms with Gasteiger partial charge in [0.25, 0.3) is 5.56 Å². The molecule has 6 nitrogen and oxygen atoms in total. The van der Waals surface area contributed by atoms with Crippen molar-refractivity contribution in [1.29, 1.82) is 0 Å². The summed E-state index contributed by atoms with van der Waals surface area (Å²) < 4.78 is 15.2. The minimum Gasteiger partial charge on any atom is -0.311 e. The van der Waals surface area contributed by atoms with Crippen LogP contribution in [0.5, 0.6) is 0 Å². The van der Waals surface area contributed by atoms with E-state index in [1.54, 1.807) is 17.0 Å². The van der Waals surface area contributed by atoms with Crippen molar-refractivity contribution in [3.8, 4) is 11.3 Å². The number of aromatic nitrogens is 3. The van der Waals surface area contributed by atoms with E-state index >= 15 is 0 Å². The number of aryl methyl sites for hydroxylation is 2. The van der Waals surface area contributed by atoms with E-state index in [0.717, 1.165) is 29.1 Å². The number of carbonyl (C=O) groups is 1. The number of hydrogen-bond acceptors (Lipinski definition) is 5. The molecule has 1 amide bonds. The largest absolute Gasteiger partial charge is 0.311 e. The summed E-state index contributed by atoms with van der Waals surface area (Å²) in [7, 11) is 0. The van der Waals surface area contributed by atoms with Crippen molar-refractivity contribution in [2.24, 2.45) is 0 Å². The highest BCUT2D eigenvalue weighted by Gasteiger charge is 2.24. The van der Waals surface area contributed by atoms with Crippen molar-refractivity contribution in [2.75, 3.05) is 11.4 Å². The minimum atomic E-state index is -0.399. The van der Waals surface area contributed by atoms with E-state index in [2.05, 4.69) is 10.1 Å². The van der Waals surface area contributed by atoms with Gasteiger partial charge in [0.2, 0.25) is 5.91 Å². The lowest BCUT2D eigenvalue weighted by atomic mass is 10.0. The number of thiazole rings is 1. The number of para-hydroxylation sites is 1. The number of anilines is 1. The van der Waals surface area contributed by atoms with Gasteiger partial charge in [-0.25, -0.2) is 14.1 Å². The lowest BCUT2D eigenvalue weighted by Crippen LogP contribution is -2.40. The zero-order valence-electron chi connectivity index (χ0n) is 16.8. The number of amides is 1. The Balaban J connectivity index is 1.58. The van der Waals surface area contributed by atoms with Crippen LogP contribution in [0.1, 0.15) is 17.0 Å². The molecule has 31 heavy (non-hydrogen) atoms. The van der Waals surface area contributed by atoms with Gasteiger partial charge in [-0.2, -0.15) is 5.10 Å².